The summed E-state index contributed by atoms with van der Waals surface area (Å²) >= 11 is 0. The fourth-order valence-electron chi connectivity index (χ4n) is 3.45. The number of rotatable bonds is 5. The number of nitrogens with one attached hydrogen (secondary N) is 1. The van der Waals surface area contributed by atoms with Crippen LogP contribution in [0, 0.1) is 5.92 Å². The van der Waals surface area contributed by atoms with Crippen molar-refractivity contribution in [3.8, 4) is 5.75 Å². The third kappa shape index (κ3) is 2.96. The van der Waals surface area contributed by atoms with Gasteiger partial charge in [-0.25, -0.2) is 0 Å². The molecule has 21 heavy (non-hydrogen) atoms. The Hall–Kier alpha value is -1.80. The van der Waals surface area contributed by atoms with E-state index in [1.807, 2.05) is 13.1 Å². The Morgan fingerprint density at radius 2 is 1.81 bits per heavy atom. The summed E-state index contributed by atoms with van der Waals surface area (Å²) in [5.74, 6) is 2.13. The number of ether oxygens (including phenoxy) is 1. The second kappa shape index (κ2) is 6.31. The second-order valence-corrected chi connectivity index (χ2v) is 5.94. The Labute approximate surface area is 127 Å². The Bertz CT molecular complexity index is 581. The van der Waals surface area contributed by atoms with Crippen LogP contribution in [0.25, 0.3) is 0 Å². The number of hydrogen-bond acceptors (Lipinski definition) is 2. The van der Waals surface area contributed by atoms with Crippen LogP contribution in [0.15, 0.2) is 54.6 Å². The molecule has 0 spiro atoms. The van der Waals surface area contributed by atoms with E-state index in [1.54, 1.807) is 0 Å². The first-order chi connectivity index (χ1) is 10.3. The first kappa shape index (κ1) is 14.2. The normalized spacial score (nSPS) is 19.6. The number of fused-ring (bicyclic) bond motifs is 1. The van der Waals surface area contributed by atoms with Gasteiger partial charge in [0.05, 0.1) is 6.61 Å². The molecule has 0 saturated heterocycles. The number of para-hydroxylation sites is 1. The minimum Gasteiger partial charge on any atom is -0.493 e. The van der Waals surface area contributed by atoms with Crippen molar-refractivity contribution in [3.63, 3.8) is 0 Å². The average Bonchev–Trinajstić information content (AvgIpc) is 2.92. The molecule has 2 aromatic rings. The first-order valence-electron chi connectivity index (χ1n) is 7.73. The quantitative estimate of drug-likeness (QED) is 0.889. The maximum absolute atomic E-state index is 5.81. The van der Waals surface area contributed by atoms with Crippen molar-refractivity contribution in [2.45, 2.75) is 25.3 Å². The predicted octanol–water partition coefficient (Wildman–Crippen LogP) is 4.15. The number of benzene rings is 2. The lowest BCUT2D eigenvalue weighted by Gasteiger charge is -2.26. The van der Waals surface area contributed by atoms with Gasteiger partial charge in [0, 0.05) is 17.5 Å². The third-order valence-electron chi connectivity index (χ3n) is 4.49. The molecule has 2 aromatic carbocycles. The molecule has 3 unspecified atom stereocenters. The van der Waals surface area contributed by atoms with Crippen molar-refractivity contribution in [1.29, 1.82) is 0 Å². The van der Waals surface area contributed by atoms with E-state index in [9.17, 15) is 0 Å². The fourth-order valence-corrected chi connectivity index (χ4v) is 3.45. The Morgan fingerprint density at radius 3 is 2.57 bits per heavy atom. The molecule has 3 atom stereocenters. The Kier molecular flexibility index (Phi) is 4.26. The lowest BCUT2D eigenvalue weighted by atomic mass is 9.84. The summed E-state index contributed by atoms with van der Waals surface area (Å²) in [5, 5.41) is 3.48. The lowest BCUT2D eigenvalue weighted by molar-refractivity contribution is 0.290. The molecule has 0 amide bonds. The standard InChI is InChI=1S/C19H23NO/c1-14(19(20-2)15-8-4-3-5-9-15)12-16-13-21-18-11-7-6-10-17(16)18/h3-11,14,16,19-20H,12-13H2,1-2H3. The van der Waals surface area contributed by atoms with Gasteiger partial charge in [0.1, 0.15) is 5.75 Å². The first-order valence-corrected chi connectivity index (χ1v) is 7.73. The molecule has 2 nitrogen and oxygen atoms in total. The van der Waals surface area contributed by atoms with Crippen molar-refractivity contribution in [2.75, 3.05) is 13.7 Å². The Balaban J connectivity index is 1.73. The van der Waals surface area contributed by atoms with Gasteiger partial charge >= 0.3 is 0 Å². The van der Waals surface area contributed by atoms with Crippen molar-refractivity contribution >= 4 is 0 Å². The van der Waals surface area contributed by atoms with Gasteiger partial charge < -0.3 is 10.1 Å². The van der Waals surface area contributed by atoms with Crippen LogP contribution in [0.4, 0.5) is 0 Å². The van der Waals surface area contributed by atoms with Crippen LogP contribution in [-0.4, -0.2) is 13.7 Å². The van der Waals surface area contributed by atoms with Crippen LogP contribution < -0.4 is 10.1 Å². The molecule has 0 radical (unpaired) electrons. The van der Waals surface area contributed by atoms with Gasteiger partial charge in [0.25, 0.3) is 0 Å². The highest BCUT2D eigenvalue weighted by Gasteiger charge is 2.28. The third-order valence-corrected chi connectivity index (χ3v) is 4.49. The van der Waals surface area contributed by atoms with E-state index in [1.165, 1.54) is 11.1 Å². The zero-order chi connectivity index (χ0) is 14.7. The summed E-state index contributed by atoms with van der Waals surface area (Å²) in [4.78, 5) is 0. The number of hydrogen-bond donors (Lipinski definition) is 1. The van der Waals surface area contributed by atoms with Crippen LogP contribution in [0.1, 0.15) is 36.4 Å². The zero-order valence-electron chi connectivity index (χ0n) is 12.8. The highest BCUT2D eigenvalue weighted by molar-refractivity contribution is 5.39. The minimum atomic E-state index is 0.388. The summed E-state index contributed by atoms with van der Waals surface area (Å²) in [6, 6.07) is 19.5. The molecule has 110 valence electrons. The second-order valence-electron chi connectivity index (χ2n) is 5.94. The van der Waals surface area contributed by atoms with E-state index < -0.39 is 0 Å². The topological polar surface area (TPSA) is 21.3 Å². The molecule has 1 aliphatic rings. The molecule has 0 fully saturated rings. The molecule has 3 rings (SSSR count). The maximum Gasteiger partial charge on any atom is 0.122 e. The SMILES string of the molecule is CNC(c1ccccc1)C(C)CC1COc2ccccc21. The van der Waals surface area contributed by atoms with E-state index in [4.69, 9.17) is 4.74 Å². The van der Waals surface area contributed by atoms with Gasteiger partial charge in [-0.3, -0.25) is 0 Å². The predicted molar refractivity (Wildman–Crippen MR) is 86.7 cm³/mol. The zero-order valence-corrected chi connectivity index (χ0v) is 12.8. The van der Waals surface area contributed by atoms with Crippen LogP contribution in [0.2, 0.25) is 0 Å². The van der Waals surface area contributed by atoms with Gasteiger partial charge in [0.15, 0.2) is 0 Å². The summed E-state index contributed by atoms with van der Waals surface area (Å²) in [7, 11) is 2.05. The Morgan fingerprint density at radius 1 is 1.10 bits per heavy atom. The molecule has 0 aliphatic carbocycles. The summed E-state index contributed by atoms with van der Waals surface area (Å²) < 4.78 is 5.81. The molecule has 0 aromatic heterocycles. The van der Waals surface area contributed by atoms with Gasteiger partial charge in [-0.05, 0) is 31.0 Å². The highest BCUT2D eigenvalue weighted by atomic mass is 16.5. The molecule has 1 heterocycles. The summed E-state index contributed by atoms with van der Waals surface area (Å²) in [6.07, 6.45) is 1.14. The van der Waals surface area contributed by atoms with E-state index in [2.05, 4.69) is 60.8 Å². The molecule has 0 bridgehead atoms. The summed E-state index contributed by atoms with van der Waals surface area (Å²) in [6.45, 7) is 3.14. The lowest BCUT2D eigenvalue weighted by Crippen LogP contribution is -2.25. The largest absolute Gasteiger partial charge is 0.493 e. The van der Waals surface area contributed by atoms with Gasteiger partial charge in [-0.2, -0.15) is 0 Å². The molecular weight excluding hydrogens is 258 g/mol. The average molecular weight is 281 g/mol. The maximum atomic E-state index is 5.81. The van der Waals surface area contributed by atoms with Crippen LogP contribution in [-0.2, 0) is 0 Å². The van der Waals surface area contributed by atoms with Crippen LogP contribution in [0.3, 0.4) is 0 Å². The van der Waals surface area contributed by atoms with Gasteiger partial charge in [-0.15, -0.1) is 0 Å². The van der Waals surface area contributed by atoms with Crippen LogP contribution >= 0.6 is 0 Å². The molecule has 1 N–H and O–H groups in total. The van der Waals surface area contributed by atoms with Gasteiger partial charge in [0.2, 0.25) is 0 Å². The van der Waals surface area contributed by atoms with E-state index >= 15 is 0 Å². The van der Waals surface area contributed by atoms with E-state index in [-0.39, 0.29) is 0 Å². The fraction of sp³-hybridized carbons (Fsp3) is 0.368. The summed E-state index contributed by atoms with van der Waals surface area (Å²) in [5.41, 5.74) is 2.73. The minimum absolute atomic E-state index is 0.388. The molecule has 0 saturated carbocycles. The van der Waals surface area contributed by atoms with Crippen molar-refractivity contribution < 1.29 is 4.74 Å². The highest BCUT2D eigenvalue weighted by Crippen LogP contribution is 2.39. The molecule has 2 heteroatoms. The molecule has 1 aliphatic heterocycles. The van der Waals surface area contributed by atoms with E-state index in [0.29, 0.717) is 17.9 Å². The van der Waals surface area contributed by atoms with Gasteiger partial charge in [-0.1, -0.05) is 55.5 Å². The van der Waals surface area contributed by atoms with E-state index in [0.717, 1.165) is 18.8 Å². The van der Waals surface area contributed by atoms with Crippen LogP contribution in [0.5, 0.6) is 5.75 Å². The smallest absolute Gasteiger partial charge is 0.122 e. The monoisotopic (exact) mass is 281 g/mol. The van der Waals surface area contributed by atoms with Crippen molar-refractivity contribution in [2.24, 2.45) is 5.92 Å². The van der Waals surface area contributed by atoms with Crippen molar-refractivity contribution in [1.82, 2.24) is 5.32 Å². The van der Waals surface area contributed by atoms with Crippen molar-refractivity contribution in [3.05, 3.63) is 65.7 Å². The molecular formula is C19H23NO.